The third-order valence-electron chi connectivity index (χ3n) is 5.13. The van der Waals surface area contributed by atoms with Crippen molar-refractivity contribution in [1.82, 2.24) is 24.9 Å². The second-order valence-corrected chi connectivity index (χ2v) is 6.48. The lowest BCUT2D eigenvalue weighted by Gasteiger charge is -2.37. The lowest BCUT2D eigenvalue weighted by atomic mass is 10.0. The van der Waals surface area contributed by atoms with E-state index in [-0.39, 0.29) is 0 Å². The van der Waals surface area contributed by atoms with Gasteiger partial charge in [0.05, 0.1) is 11.6 Å². The summed E-state index contributed by atoms with van der Waals surface area (Å²) in [5, 5.41) is 1.16. The number of aromatic nitrogens is 5. The van der Waals surface area contributed by atoms with Gasteiger partial charge in [0.2, 0.25) is 0 Å². The molecule has 130 valence electrons. The van der Waals surface area contributed by atoms with Gasteiger partial charge in [0.1, 0.15) is 23.6 Å². The van der Waals surface area contributed by atoms with E-state index in [2.05, 4.69) is 48.7 Å². The van der Waals surface area contributed by atoms with Gasteiger partial charge < -0.3 is 14.8 Å². The van der Waals surface area contributed by atoms with Crippen LogP contribution in [0.4, 0.5) is 11.6 Å². The van der Waals surface area contributed by atoms with Crippen LogP contribution in [0.5, 0.6) is 0 Å². The summed E-state index contributed by atoms with van der Waals surface area (Å²) in [4.78, 5) is 25.5. The average Bonchev–Trinajstić information content (AvgIpc) is 3.11. The molecule has 3 aromatic heterocycles. The molecule has 0 saturated carbocycles. The number of hydrogen-bond donors (Lipinski definition) is 1. The number of aryl methyl sites for hydroxylation is 1. The summed E-state index contributed by atoms with van der Waals surface area (Å²) >= 11 is 0. The molecule has 7 nitrogen and oxygen atoms in total. The van der Waals surface area contributed by atoms with E-state index in [1.807, 2.05) is 12.4 Å². The van der Waals surface area contributed by atoms with Crippen molar-refractivity contribution in [2.75, 3.05) is 29.9 Å². The molecule has 0 amide bonds. The number of aromatic amines is 1. The van der Waals surface area contributed by atoms with Gasteiger partial charge in [-0.1, -0.05) is 6.92 Å². The number of anilines is 2. The molecular formula is C18H23N7. The minimum Gasteiger partial charge on any atom is -0.356 e. The highest BCUT2D eigenvalue weighted by Gasteiger charge is 2.25. The second kappa shape index (κ2) is 6.66. The van der Waals surface area contributed by atoms with Crippen LogP contribution in [-0.4, -0.2) is 51.1 Å². The monoisotopic (exact) mass is 337 g/mol. The predicted molar refractivity (Wildman–Crippen MR) is 98.9 cm³/mol. The Labute approximate surface area is 147 Å². The van der Waals surface area contributed by atoms with Crippen LogP contribution in [0.25, 0.3) is 11.0 Å². The molecule has 4 rings (SSSR count). The zero-order valence-corrected chi connectivity index (χ0v) is 14.7. The molecule has 0 atom stereocenters. The Morgan fingerprint density at radius 3 is 2.76 bits per heavy atom. The minimum absolute atomic E-state index is 0.464. The third-order valence-corrected chi connectivity index (χ3v) is 5.13. The molecule has 3 aromatic rings. The SMILES string of the molecule is CCc1c[nH]c2ncnc(N(C)C3CCN(c4cnccn4)CC3)c12. The maximum Gasteiger partial charge on any atom is 0.147 e. The first kappa shape index (κ1) is 15.8. The van der Waals surface area contributed by atoms with Gasteiger partial charge in [-0.2, -0.15) is 0 Å². The molecule has 0 unspecified atom stereocenters. The summed E-state index contributed by atoms with van der Waals surface area (Å²) in [6.45, 7) is 4.13. The summed E-state index contributed by atoms with van der Waals surface area (Å²) in [6, 6.07) is 0.464. The Kier molecular flexibility index (Phi) is 4.21. The first-order valence-electron chi connectivity index (χ1n) is 8.82. The van der Waals surface area contributed by atoms with Crippen molar-refractivity contribution in [2.45, 2.75) is 32.2 Å². The fourth-order valence-corrected chi connectivity index (χ4v) is 3.67. The van der Waals surface area contributed by atoms with Gasteiger partial charge in [-0.15, -0.1) is 0 Å². The second-order valence-electron chi connectivity index (χ2n) is 6.48. The van der Waals surface area contributed by atoms with Crippen molar-refractivity contribution in [3.63, 3.8) is 0 Å². The predicted octanol–water partition coefficient (Wildman–Crippen LogP) is 2.42. The smallest absolute Gasteiger partial charge is 0.147 e. The van der Waals surface area contributed by atoms with Crippen molar-refractivity contribution in [3.8, 4) is 0 Å². The lowest BCUT2D eigenvalue weighted by molar-refractivity contribution is 0.478. The molecule has 7 heteroatoms. The first-order valence-corrected chi connectivity index (χ1v) is 8.82. The molecule has 25 heavy (non-hydrogen) atoms. The van der Waals surface area contributed by atoms with Crippen LogP contribution in [0.15, 0.2) is 31.1 Å². The molecule has 0 aliphatic carbocycles. The fourth-order valence-electron chi connectivity index (χ4n) is 3.67. The van der Waals surface area contributed by atoms with Crippen LogP contribution >= 0.6 is 0 Å². The van der Waals surface area contributed by atoms with Crippen LogP contribution in [0.1, 0.15) is 25.3 Å². The highest BCUT2D eigenvalue weighted by molar-refractivity contribution is 5.90. The van der Waals surface area contributed by atoms with E-state index in [9.17, 15) is 0 Å². The number of nitrogens with zero attached hydrogens (tertiary/aromatic N) is 6. The Morgan fingerprint density at radius 2 is 2.04 bits per heavy atom. The van der Waals surface area contributed by atoms with E-state index < -0.39 is 0 Å². The zero-order chi connectivity index (χ0) is 17.2. The largest absolute Gasteiger partial charge is 0.356 e. The Balaban J connectivity index is 1.53. The van der Waals surface area contributed by atoms with Gasteiger partial charge in [0.15, 0.2) is 0 Å². The van der Waals surface area contributed by atoms with Crippen LogP contribution in [0.2, 0.25) is 0 Å². The normalized spacial score (nSPS) is 15.7. The molecular weight excluding hydrogens is 314 g/mol. The molecule has 4 heterocycles. The van der Waals surface area contributed by atoms with Crippen molar-refractivity contribution in [2.24, 2.45) is 0 Å². The lowest BCUT2D eigenvalue weighted by Crippen LogP contribution is -2.44. The summed E-state index contributed by atoms with van der Waals surface area (Å²) in [6.07, 6.45) is 12.1. The van der Waals surface area contributed by atoms with Crippen LogP contribution < -0.4 is 9.80 Å². The average molecular weight is 337 g/mol. The van der Waals surface area contributed by atoms with E-state index in [1.165, 1.54) is 5.56 Å². The van der Waals surface area contributed by atoms with E-state index in [4.69, 9.17) is 0 Å². The van der Waals surface area contributed by atoms with E-state index >= 15 is 0 Å². The van der Waals surface area contributed by atoms with Gasteiger partial charge in [-0.05, 0) is 24.8 Å². The van der Waals surface area contributed by atoms with Crippen LogP contribution in [0, 0.1) is 0 Å². The summed E-state index contributed by atoms with van der Waals surface area (Å²) in [7, 11) is 2.15. The summed E-state index contributed by atoms with van der Waals surface area (Å²) in [5.41, 5.74) is 2.19. The van der Waals surface area contributed by atoms with Crippen molar-refractivity contribution < 1.29 is 0 Å². The summed E-state index contributed by atoms with van der Waals surface area (Å²) < 4.78 is 0. The van der Waals surface area contributed by atoms with Crippen molar-refractivity contribution in [3.05, 3.63) is 36.7 Å². The van der Waals surface area contributed by atoms with Gasteiger partial charge in [0, 0.05) is 44.8 Å². The number of fused-ring (bicyclic) bond motifs is 1. The molecule has 1 aliphatic heterocycles. The van der Waals surface area contributed by atoms with Crippen LogP contribution in [0.3, 0.4) is 0 Å². The Hall–Kier alpha value is -2.70. The molecule has 1 fully saturated rings. The van der Waals surface area contributed by atoms with Gasteiger partial charge in [0.25, 0.3) is 0 Å². The molecule has 1 saturated heterocycles. The maximum absolute atomic E-state index is 4.60. The standard InChI is InChI=1S/C18H23N7/c1-3-13-10-21-17-16(13)18(23-12-22-17)24(2)14-4-8-25(9-5-14)15-11-19-6-7-20-15/h6-7,10-12,14H,3-5,8-9H2,1-2H3,(H,21,22,23). The number of hydrogen-bond acceptors (Lipinski definition) is 6. The molecule has 1 aliphatic rings. The van der Waals surface area contributed by atoms with E-state index in [0.717, 1.165) is 55.0 Å². The summed E-state index contributed by atoms with van der Waals surface area (Å²) in [5.74, 6) is 1.99. The molecule has 0 aromatic carbocycles. The highest BCUT2D eigenvalue weighted by atomic mass is 15.2. The van der Waals surface area contributed by atoms with Gasteiger partial charge >= 0.3 is 0 Å². The quantitative estimate of drug-likeness (QED) is 0.788. The third kappa shape index (κ3) is 2.90. The maximum atomic E-state index is 4.60. The fraction of sp³-hybridized carbons (Fsp3) is 0.444. The molecule has 0 spiro atoms. The van der Waals surface area contributed by atoms with Crippen LogP contribution in [-0.2, 0) is 6.42 Å². The van der Waals surface area contributed by atoms with E-state index in [1.54, 1.807) is 18.7 Å². The highest BCUT2D eigenvalue weighted by Crippen LogP contribution is 2.30. The number of H-pyrrole nitrogens is 1. The number of piperidine rings is 1. The molecule has 0 radical (unpaired) electrons. The first-order chi connectivity index (χ1) is 12.3. The van der Waals surface area contributed by atoms with Gasteiger partial charge in [-0.25, -0.2) is 15.0 Å². The minimum atomic E-state index is 0.464. The van der Waals surface area contributed by atoms with Gasteiger partial charge in [-0.3, -0.25) is 4.98 Å². The number of nitrogens with one attached hydrogen (secondary N) is 1. The molecule has 1 N–H and O–H groups in total. The topological polar surface area (TPSA) is 73.8 Å². The molecule has 0 bridgehead atoms. The Bertz CT molecular complexity index is 837. The van der Waals surface area contributed by atoms with Crippen molar-refractivity contribution >= 4 is 22.7 Å². The van der Waals surface area contributed by atoms with E-state index in [0.29, 0.717) is 6.04 Å². The van der Waals surface area contributed by atoms with Crippen molar-refractivity contribution in [1.29, 1.82) is 0 Å². The number of rotatable bonds is 4. The Morgan fingerprint density at radius 1 is 1.20 bits per heavy atom. The zero-order valence-electron chi connectivity index (χ0n) is 14.7.